The Kier molecular flexibility index (Phi) is 5.69. The van der Waals surface area contributed by atoms with Crippen LogP contribution in [-0.4, -0.2) is 65.0 Å². The van der Waals surface area contributed by atoms with Crippen molar-refractivity contribution in [2.45, 2.75) is 12.5 Å². The molecule has 1 amide bonds. The third-order valence-corrected chi connectivity index (χ3v) is 3.17. The highest BCUT2D eigenvalue weighted by Gasteiger charge is 2.29. The molecular weight excluding hydrogens is 272 g/mol. The number of amides is 1. The number of aromatic nitrogens is 1. The Balaban J connectivity index is 2.24. The predicted molar refractivity (Wildman–Crippen MR) is 75.5 cm³/mol. The van der Waals surface area contributed by atoms with Gasteiger partial charge in [-0.3, -0.25) is 4.79 Å². The van der Waals surface area contributed by atoms with E-state index in [1.165, 1.54) is 0 Å². The third-order valence-electron chi connectivity index (χ3n) is 3.17. The van der Waals surface area contributed by atoms with Gasteiger partial charge in [-0.2, -0.15) is 0 Å². The van der Waals surface area contributed by atoms with Crippen LogP contribution in [0.1, 0.15) is 22.5 Å². The molecule has 1 fully saturated rings. The molecule has 2 heterocycles. The quantitative estimate of drug-likeness (QED) is 0.744. The summed E-state index contributed by atoms with van der Waals surface area (Å²) in [6.07, 6.45) is 1.89. The molecule has 0 spiro atoms. The molecule has 6 nitrogen and oxygen atoms in total. The molecular formula is C15H18N2O4. The van der Waals surface area contributed by atoms with Gasteiger partial charge in [0.1, 0.15) is 5.69 Å². The van der Waals surface area contributed by atoms with Crippen LogP contribution in [0, 0.1) is 11.8 Å². The molecule has 1 atom stereocenters. The summed E-state index contributed by atoms with van der Waals surface area (Å²) in [5, 5.41) is 18.1. The lowest BCUT2D eigenvalue weighted by atomic mass is 10.1. The van der Waals surface area contributed by atoms with Crippen molar-refractivity contribution in [1.29, 1.82) is 0 Å². The Morgan fingerprint density at radius 1 is 1.52 bits per heavy atom. The first kappa shape index (κ1) is 15.4. The lowest BCUT2D eigenvalue weighted by Gasteiger charge is -2.34. The zero-order valence-electron chi connectivity index (χ0n) is 11.7. The van der Waals surface area contributed by atoms with E-state index in [-0.39, 0.29) is 30.9 Å². The second-order valence-corrected chi connectivity index (χ2v) is 4.58. The molecule has 1 unspecified atom stereocenters. The van der Waals surface area contributed by atoms with Gasteiger partial charge in [-0.15, -0.1) is 0 Å². The maximum absolute atomic E-state index is 12.6. The number of pyridine rings is 1. The van der Waals surface area contributed by atoms with Crippen LogP contribution >= 0.6 is 0 Å². The summed E-state index contributed by atoms with van der Waals surface area (Å²) in [5.41, 5.74) is 0.794. The second kappa shape index (κ2) is 7.74. The van der Waals surface area contributed by atoms with Gasteiger partial charge < -0.3 is 19.8 Å². The summed E-state index contributed by atoms with van der Waals surface area (Å²) < 4.78 is 5.27. The third kappa shape index (κ3) is 3.79. The number of aliphatic hydroxyl groups excluding tert-OH is 2. The van der Waals surface area contributed by atoms with Gasteiger partial charge in [-0.05, 0) is 12.1 Å². The van der Waals surface area contributed by atoms with Crippen molar-refractivity contribution < 1.29 is 19.7 Å². The van der Waals surface area contributed by atoms with Crippen LogP contribution in [-0.2, 0) is 4.74 Å². The Bertz CT molecular complexity index is 550. The molecule has 1 aliphatic heterocycles. The monoisotopic (exact) mass is 290 g/mol. The minimum atomic E-state index is -0.355. The molecule has 0 aliphatic carbocycles. The fourth-order valence-electron chi connectivity index (χ4n) is 2.10. The largest absolute Gasteiger partial charge is 0.395 e. The Hall–Kier alpha value is -1.94. The van der Waals surface area contributed by atoms with Crippen LogP contribution in [0.15, 0.2) is 18.3 Å². The number of hydrogen-bond donors (Lipinski definition) is 2. The number of hydrogen-bond acceptors (Lipinski definition) is 5. The zero-order chi connectivity index (χ0) is 15.1. The van der Waals surface area contributed by atoms with E-state index in [0.717, 1.165) is 0 Å². The van der Waals surface area contributed by atoms with Crippen LogP contribution in [0.25, 0.3) is 0 Å². The molecule has 1 saturated heterocycles. The van der Waals surface area contributed by atoms with E-state index < -0.39 is 0 Å². The van der Waals surface area contributed by atoms with Crippen molar-refractivity contribution in [3.8, 4) is 11.8 Å². The summed E-state index contributed by atoms with van der Waals surface area (Å²) in [6, 6.07) is 3.08. The molecule has 1 aliphatic rings. The van der Waals surface area contributed by atoms with Crippen LogP contribution in [0.5, 0.6) is 0 Å². The standard InChI is InChI=1S/C15H18N2O4/c18-8-2-1-4-12-5-3-6-16-14(12)15(20)17-7-9-21-11-13(17)10-19/h3,5-6,13,18-19H,2,7-11H2. The van der Waals surface area contributed by atoms with E-state index in [0.29, 0.717) is 31.7 Å². The molecule has 0 aromatic carbocycles. The van der Waals surface area contributed by atoms with Crippen molar-refractivity contribution in [2.75, 3.05) is 33.0 Å². The van der Waals surface area contributed by atoms with Gasteiger partial charge in [-0.1, -0.05) is 11.8 Å². The van der Waals surface area contributed by atoms with E-state index >= 15 is 0 Å². The predicted octanol–water partition coefficient (Wildman–Crippen LogP) is -0.351. The normalized spacial score (nSPS) is 18.0. The molecule has 2 rings (SSSR count). The van der Waals surface area contributed by atoms with Gasteiger partial charge in [0.2, 0.25) is 0 Å². The average Bonchev–Trinajstić information content (AvgIpc) is 2.55. The maximum Gasteiger partial charge on any atom is 0.274 e. The summed E-state index contributed by atoms with van der Waals surface area (Å²) in [4.78, 5) is 18.3. The van der Waals surface area contributed by atoms with Gasteiger partial charge in [0.15, 0.2) is 0 Å². The van der Waals surface area contributed by atoms with E-state index in [2.05, 4.69) is 16.8 Å². The van der Waals surface area contributed by atoms with Crippen molar-refractivity contribution in [3.63, 3.8) is 0 Å². The number of morpholine rings is 1. The fraction of sp³-hybridized carbons (Fsp3) is 0.467. The molecule has 6 heteroatoms. The summed E-state index contributed by atoms with van der Waals surface area (Å²) in [7, 11) is 0. The first-order valence-electron chi connectivity index (χ1n) is 6.82. The van der Waals surface area contributed by atoms with Crippen molar-refractivity contribution in [1.82, 2.24) is 9.88 Å². The molecule has 21 heavy (non-hydrogen) atoms. The molecule has 112 valence electrons. The van der Waals surface area contributed by atoms with Crippen LogP contribution in [0.4, 0.5) is 0 Å². The minimum absolute atomic E-state index is 0.0212. The fourth-order valence-corrected chi connectivity index (χ4v) is 2.10. The topological polar surface area (TPSA) is 82.9 Å². The molecule has 1 aromatic rings. The summed E-state index contributed by atoms with van der Waals surface area (Å²) in [6.45, 7) is 1.02. The highest BCUT2D eigenvalue weighted by atomic mass is 16.5. The number of carbonyl (C=O) groups is 1. The molecule has 1 aromatic heterocycles. The molecule has 0 saturated carbocycles. The van der Waals surface area contributed by atoms with Crippen molar-refractivity contribution in [3.05, 3.63) is 29.6 Å². The van der Waals surface area contributed by atoms with Gasteiger partial charge >= 0.3 is 0 Å². The lowest BCUT2D eigenvalue weighted by Crippen LogP contribution is -2.50. The van der Waals surface area contributed by atoms with Crippen molar-refractivity contribution >= 4 is 5.91 Å². The van der Waals surface area contributed by atoms with Gasteiger partial charge in [0.25, 0.3) is 5.91 Å². The second-order valence-electron chi connectivity index (χ2n) is 4.58. The summed E-state index contributed by atoms with van der Waals surface area (Å²) >= 11 is 0. The van der Waals surface area contributed by atoms with E-state index in [9.17, 15) is 9.90 Å². The minimum Gasteiger partial charge on any atom is -0.395 e. The number of nitrogens with zero attached hydrogens (tertiary/aromatic N) is 2. The zero-order valence-corrected chi connectivity index (χ0v) is 11.7. The Morgan fingerprint density at radius 3 is 3.14 bits per heavy atom. The van der Waals surface area contributed by atoms with Gasteiger partial charge in [0.05, 0.1) is 38.0 Å². The number of aliphatic hydroxyl groups is 2. The van der Waals surface area contributed by atoms with E-state index in [1.54, 1.807) is 23.2 Å². The van der Waals surface area contributed by atoms with Crippen LogP contribution in [0.3, 0.4) is 0 Å². The van der Waals surface area contributed by atoms with E-state index in [1.807, 2.05) is 0 Å². The summed E-state index contributed by atoms with van der Waals surface area (Å²) in [5.74, 6) is 5.39. The number of ether oxygens (including phenoxy) is 1. The smallest absolute Gasteiger partial charge is 0.274 e. The Labute approximate surface area is 123 Å². The molecule has 0 bridgehead atoms. The van der Waals surface area contributed by atoms with Gasteiger partial charge in [0, 0.05) is 19.2 Å². The van der Waals surface area contributed by atoms with Gasteiger partial charge in [-0.25, -0.2) is 4.98 Å². The molecule has 2 N–H and O–H groups in total. The average molecular weight is 290 g/mol. The first-order valence-corrected chi connectivity index (χ1v) is 6.82. The number of rotatable bonds is 3. The first-order chi connectivity index (χ1) is 10.3. The Morgan fingerprint density at radius 2 is 2.38 bits per heavy atom. The van der Waals surface area contributed by atoms with E-state index in [4.69, 9.17) is 9.84 Å². The number of carbonyl (C=O) groups excluding carboxylic acids is 1. The molecule has 0 radical (unpaired) electrons. The highest BCUT2D eigenvalue weighted by molar-refractivity contribution is 5.95. The van der Waals surface area contributed by atoms with Crippen LogP contribution < -0.4 is 0 Å². The lowest BCUT2D eigenvalue weighted by molar-refractivity contribution is -0.0186. The maximum atomic E-state index is 12.6. The highest BCUT2D eigenvalue weighted by Crippen LogP contribution is 2.13. The SMILES string of the molecule is O=C(c1ncccc1C#CCCO)N1CCOCC1CO. The van der Waals surface area contributed by atoms with Crippen LogP contribution in [0.2, 0.25) is 0 Å². The van der Waals surface area contributed by atoms with Crippen molar-refractivity contribution in [2.24, 2.45) is 0 Å².